The van der Waals surface area contributed by atoms with Gasteiger partial charge in [-0.3, -0.25) is 9.78 Å². The van der Waals surface area contributed by atoms with Crippen molar-refractivity contribution in [3.05, 3.63) is 30.1 Å². The van der Waals surface area contributed by atoms with Crippen LogP contribution < -0.4 is 5.43 Å². The summed E-state index contributed by atoms with van der Waals surface area (Å²) in [7, 11) is 0. The highest BCUT2D eigenvalue weighted by Gasteiger charge is 2.19. The summed E-state index contributed by atoms with van der Waals surface area (Å²) >= 11 is 0. The van der Waals surface area contributed by atoms with Gasteiger partial charge in [0.15, 0.2) is 0 Å². The number of nitrogens with zero attached hydrogens (tertiary/aromatic N) is 2. The van der Waals surface area contributed by atoms with E-state index < -0.39 is 24.2 Å². The molecule has 1 rings (SSSR count). The fraction of sp³-hybridized carbons (Fsp3) is 0.417. The molecule has 0 fully saturated rings. The Hall–Kier alpha value is -1.83. The monoisotopic (exact) mass is 267 g/mol. The molecule has 7 heteroatoms. The van der Waals surface area contributed by atoms with Gasteiger partial charge in [0.2, 0.25) is 0 Å². The van der Waals surface area contributed by atoms with Crippen LogP contribution in [0.15, 0.2) is 29.5 Å². The van der Waals surface area contributed by atoms with Gasteiger partial charge in [-0.05, 0) is 19.1 Å². The molecule has 7 nitrogen and oxygen atoms in total. The second kappa shape index (κ2) is 7.57. The highest BCUT2D eigenvalue weighted by molar-refractivity contribution is 5.92. The van der Waals surface area contributed by atoms with Crippen molar-refractivity contribution in [2.45, 2.75) is 31.7 Å². The van der Waals surface area contributed by atoms with Crippen LogP contribution in [0.1, 0.15) is 23.8 Å². The van der Waals surface area contributed by atoms with Crippen LogP contribution in [0.4, 0.5) is 0 Å². The molecule has 0 aliphatic heterocycles. The molecule has 0 saturated heterocycles. The number of hydrogen-bond acceptors (Lipinski definition) is 6. The lowest BCUT2D eigenvalue weighted by molar-refractivity contribution is -0.0480. The number of pyridine rings is 1. The predicted octanol–water partition coefficient (Wildman–Crippen LogP) is -0.710. The Kier molecular flexibility index (Phi) is 6.07. The lowest BCUT2D eigenvalue weighted by Gasteiger charge is -2.18. The Bertz CT molecular complexity index is 422. The minimum Gasteiger partial charge on any atom is -0.391 e. The predicted molar refractivity (Wildman–Crippen MR) is 68.5 cm³/mol. The molecule has 0 saturated carbocycles. The Morgan fingerprint density at radius 3 is 2.79 bits per heavy atom. The van der Waals surface area contributed by atoms with E-state index >= 15 is 0 Å². The first-order valence-corrected chi connectivity index (χ1v) is 5.79. The van der Waals surface area contributed by atoms with Crippen LogP contribution in [-0.4, -0.2) is 50.7 Å². The molecule has 0 spiro atoms. The summed E-state index contributed by atoms with van der Waals surface area (Å²) in [5, 5.41) is 31.4. The van der Waals surface area contributed by atoms with E-state index in [4.69, 9.17) is 5.11 Å². The number of aliphatic hydroxyl groups is 3. The van der Waals surface area contributed by atoms with Gasteiger partial charge >= 0.3 is 0 Å². The lowest BCUT2D eigenvalue weighted by atomic mass is 10.1. The van der Waals surface area contributed by atoms with Crippen LogP contribution in [0.5, 0.6) is 0 Å². The van der Waals surface area contributed by atoms with Crippen LogP contribution >= 0.6 is 0 Å². The van der Waals surface area contributed by atoms with Crippen molar-refractivity contribution in [3.8, 4) is 0 Å². The standard InChI is InChI=1S/C12H17N3O4/c1-8(16)11(18)10(17)5-7-14-15-12(19)9-4-2-3-6-13-9/h2-4,6-8,10-11,16-18H,5H2,1H3,(H,15,19)/b14-7+/t8-,10+,11-/m1/s1. The summed E-state index contributed by atoms with van der Waals surface area (Å²) in [4.78, 5) is 15.3. The van der Waals surface area contributed by atoms with Crippen molar-refractivity contribution in [3.63, 3.8) is 0 Å². The van der Waals surface area contributed by atoms with Crippen LogP contribution in [0.25, 0.3) is 0 Å². The lowest BCUT2D eigenvalue weighted by Crippen LogP contribution is -2.35. The number of carbonyl (C=O) groups is 1. The van der Waals surface area contributed by atoms with E-state index in [1.54, 1.807) is 12.1 Å². The number of aliphatic hydroxyl groups excluding tert-OH is 3. The van der Waals surface area contributed by atoms with Gasteiger partial charge in [0.1, 0.15) is 11.8 Å². The summed E-state index contributed by atoms with van der Waals surface area (Å²) in [6.45, 7) is 1.37. The number of amides is 1. The van der Waals surface area contributed by atoms with Crippen molar-refractivity contribution in [1.82, 2.24) is 10.4 Å². The van der Waals surface area contributed by atoms with Crippen molar-refractivity contribution < 1.29 is 20.1 Å². The third-order valence-electron chi connectivity index (χ3n) is 2.39. The summed E-state index contributed by atoms with van der Waals surface area (Å²) in [5.74, 6) is -0.470. The van der Waals surface area contributed by atoms with E-state index in [1.807, 2.05) is 0 Å². The zero-order chi connectivity index (χ0) is 14.3. The number of aromatic nitrogens is 1. The highest BCUT2D eigenvalue weighted by atomic mass is 16.4. The molecule has 19 heavy (non-hydrogen) atoms. The number of carbonyl (C=O) groups excluding carboxylic acids is 1. The molecular weight excluding hydrogens is 250 g/mol. The van der Waals surface area contributed by atoms with E-state index in [9.17, 15) is 15.0 Å². The fourth-order valence-corrected chi connectivity index (χ4v) is 1.28. The number of hydrogen-bond donors (Lipinski definition) is 4. The van der Waals surface area contributed by atoms with E-state index in [1.165, 1.54) is 25.4 Å². The molecule has 0 radical (unpaired) electrons. The van der Waals surface area contributed by atoms with Gasteiger partial charge in [-0.15, -0.1) is 0 Å². The Morgan fingerprint density at radius 2 is 2.21 bits per heavy atom. The van der Waals surface area contributed by atoms with Crippen molar-refractivity contribution >= 4 is 12.1 Å². The zero-order valence-electron chi connectivity index (χ0n) is 10.5. The summed E-state index contributed by atoms with van der Waals surface area (Å²) < 4.78 is 0. The molecule has 1 aromatic heterocycles. The van der Waals surface area contributed by atoms with E-state index in [2.05, 4.69) is 15.5 Å². The molecule has 0 aliphatic carbocycles. The second-order valence-corrected chi connectivity index (χ2v) is 4.00. The second-order valence-electron chi connectivity index (χ2n) is 4.00. The van der Waals surface area contributed by atoms with Gasteiger partial charge in [-0.25, -0.2) is 5.43 Å². The largest absolute Gasteiger partial charge is 0.391 e. The normalized spacial score (nSPS) is 16.0. The number of nitrogens with one attached hydrogen (secondary N) is 1. The third kappa shape index (κ3) is 5.12. The van der Waals surface area contributed by atoms with Gasteiger partial charge in [-0.1, -0.05) is 6.07 Å². The first-order chi connectivity index (χ1) is 9.02. The molecule has 1 aromatic rings. The Balaban J connectivity index is 2.37. The summed E-state index contributed by atoms with van der Waals surface area (Å²) in [5.41, 5.74) is 2.46. The highest BCUT2D eigenvalue weighted by Crippen LogP contribution is 2.02. The smallest absolute Gasteiger partial charge is 0.289 e. The first kappa shape index (κ1) is 15.2. The quantitative estimate of drug-likeness (QED) is 0.401. The van der Waals surface area contributed by atoms with Crippen molar-refractivity contribution in [2.24, 2.45) is 5.10 Å². The van der Waals surface area contributed by atoms with Gasteiger partial charge in [-0.2, -0.15) is 5.10 Å². The average molecular weight is 267 g/mol. The average Bonchev–Trinajstić information content (AvgIpc) is 2.43. The van der Waals surface area contributed by atoms with Gasteiger partial charge in [0.25, 0.3) is 5.91 Å². The van der Waals surface area contributed by atoms with Gasteiger partial charge in [0, 0.05) is 18.8 Å². The summed E-state index contributed by atoms with van der Waals surface area (Å²) in [6, 6.07) is 4.90. The number of rotatable bonds is 6. The molecule has 0 bridgehead atoms. The molecular formula is C12H17N3O4. The van der Waals surface area contributed by atoms with Gasteiger partial charge < -0.3 is 15.3 Å². The third-order valence-corrected chi connectivity index (χ3v) is 2.39. The van der Waals surface area contributed by atoms with Gasteiger partial charge in [0.05, 0.1) is 12.2 Å². The maximum atomic E-state index is 11.5. The van der Waals surface area contributed by atoms with Crippen molar-refractivity contribution in [1.29, 1.82) is 0 Å². The molecule has 3 atom stereocenters. The van der Waals surface area contributed by atoms with E-state index in [0.717, 1.165) is 0 Å². The molecule has 0 aliphatic rings. The van der Waals surface area contributed by atoms with Crippen molar-refractivity contribution in [2.75, 3.05) is 0 Å². The SMILES string of the molecule is C[C@@H](O)[C@@H](O)[C@@H](O)C/C=N/NC(=O)c1ccccn1. The van der Waals surface area contributed by atoms with Crippen LogP contribution in [-0.2, 0) is 0 Å². The van der Waals surface area contributed by atoms with Crippen LogP contribution in [0.2, 0.25) is 0 Å². The first-order valence-electron chi connectivity index (χ1n) is 5.79. The minimum absolute atomic E-state index is 0.00850. The number of hydrazone groups is 1. The molecule has 0 aromatic carbocycles. The van der Waals surface area contributed by atoms with E-state index in [0.29, 0.717) is 0 Å². The van der Waals surface area contributed by atoms with E-state index in [-0.39, 0.29) is 12.1 Å². The maximum Gasteiger partial charge on any atom is 0.289 e. The zero-order valence-corrected chi connectivity index (χ0v) is 10.5. The minimum atomic E-state index is -1.25. The van der Waals surface area contributed by atoms with Crippen LogP contribution in [0.3, 0.4) is 0 Å². The molecule has 4 N–H and O–H groups in total. The maximum absolute atomic E-state index is 11.5. The fourth-order valence-electron chi connectivity index (χ4n) is 1.28. The van der Waals surface area contributed by atoms with Crippen LogP contribution in [0, 0.1) is 0 Å². The molecule has 1 heterocycles. The molecule has 1 amide bonds. The topological polar surface area (TPSA) is 115 Å². The Labute approximate surface area is 110 Å². The Morgan fingerprint density at radius 1 is 1.47 bits per heavy atom. The summed E-state index contributed by atoms with van der Waals surface area (Å²) in [6.07, 6.45) is -0.687. The molecule has 104 valence electrons. The molecule has 0 unspecified atom stereocenters.